The third kappa shape index (κ3) is 3.49. The van der Waals surface area contributed by atoms with Gasteiger partial charge in [0.05, 0.1) is 5.69 Å². The average Bonchev–Trinajstić information content (AvgIpc) is 2.35. The van der Waals surface area contributed by atoms with E-state index in [1.807, 2.05) is 19.3 Å². The van der Waals surface area contributed by atoms with E-state index in [1.165, 1.54) is 6.42 Å². The highest BCUT2D eigenvalue weighted by atomic mass is 15.1. The highest BCUT2D eigenvalue weighted by molar-refractivity contribution is 5.42. The summed E-state index contributed by atoms with van der Waals surface area (Å²) in [7, 11) is 1.94. The van der Waals surface area contributed by atoms with Crippen LogP contribution in [0.1, 0.15) is 32.9 Å². The number of aromatic nitrogens is 1. The van der Waals surface area contributed by atoms with Crippen LogP contribution in [0.3, 0.4) is 0 Å². The van der Waals surface area contributed by atoms with Gasteiger partial charge in [-0.25, -0.2) is 0 Å². The van der Waals surface area contributed by atoms with Crippen LogP contribution in [0.25, 0.3) is 0 Å². The first-order valence-electron chi connectivity index (χ1n) is 6.08. The number of nitrogens with zero attached hydrogens (tertiary/aromatic N) is 2. The van der Waals surface area contributed by atoms with Gasteiger partial charge in [-0.1, -0.05) is 13.8 Å². The number of hydrogen-bond acceptors (Lipinski definition) is 3. The van der Waals surface area contributed by atoms with Crippen molar-refractivity contribution in [2.75, 3.05) is 18.9 Å². The Morgan fingerprint density at radius 2 is 2.19 bits per heavy atom. The molecule has 1 aromatic rings. The minimum absolute atomic E-state index is 0.616. The second-order valence-corrected chi connectivity index (χ2v) is 4.11. The summed E-state index contributed by atoms with van der Waals surface area (Å²) in [5.74, 6) is 0. The lowest BCUT2D eigenvalue weighted by Gasteiger charge is -2.26. The summed E-state index contributed by atoms with van der Waals surface area (Å²) >= 11 is 0. The van der Waals surface area contributed by atoms with Crippen molar-refractivity contribution in [3.05, 3.63) is 24.0 Å². The van der Waals surface area contributed by atoms with Crippen molar-refractivity contribution < 1.29 is 0 Å². The van der Waals surface area contributed by atoms with Gasteiger partial charge < -0.3 is 5.32 Å². The van der Waals surface area contributed by atoms with E-state index >= 15 is 0 Å². The molecule has 0 aliphatic carbocycles. The first kappa shape index (κ1) is 13.0. The summed E-state index contributed by atoms with van der Waals surface area (Å²) in [4.78, 5) is 6.86. The summed E-state index contributed by atoms with van der Waals surface area (Å²) in [6.07, 6.45) is 3.05. The van der Waals surface area contributed by atoms with Gasteiger partial charge in [-0.05, 0) is 32.0 Å². The summed E-state index contributed by atoms with van der Waals surface area (Å²) < 4.78 is 0. The van der Waals surface area contributed by atoms with Crippen molar-refractivity contribution in [1.82, 2.24) is 9.88 Å². The van der Waals surface area contributed by atoms with E-state index < -0.39 is 0 Å². The quantitative estimate of drug-likeness (QED) is 0.800. The average molecular weight is 221 g/mol. The van der Waals surface area contributed by atoms with Crippen molar-refractivity contribution in [3.63, 3.8) is 0 Å². The van der Waals surface area contributed by atoms with Gasteiger partial charge in [0.25, 0.3) is 0 Å². The molecule has 3 heteroatoms. The van der Waals surface area contributed by atoms with Gasteiger partial charge in [-0.15, -0.1) is 0 Å². The number of anilines is 1. The monoisotopic (exact) mass is 221 g/mol. The molecule has 1 atom stereocenters. The van der Waals surface area contributed by atoms with Crippen LogP contribution >= 0.6 is 0 Å². The fourth-order valence-corrected chi connectivity index (χ4v) is 1.77. The van der Waals surface area contributed by atoms with Crippen LogP contribution < -0.4 is 5.32 Å². The molecule has 0 fully saturated rings. The normalized spacial score (nSPS) is 12.8. The Labute approximate surface area is 98.9 Å². The second kappa shape index (κ2) is 6.48. The fraction of sp³-hybridized carbons (Fsp3) is 0.615. The largest absolute Gasteiger partial charge is 0.388 e. The zero-order valence-electron chi connectivity index (χ0n) is 10.8. The predicted octanol–water partition coefficient (Wildman–Crippen LogP) is 2.74. The highest BCUT2D eigenvalue weighted by Crippen LogP contribution is 2.12. The summed E-state index contributed by atoms with van der Waals surface area (Å²) in [6, 6.07) is 4.72. The van der Waals surface area contributed by atoms with E-state index in [0.29, 0.717) is 6.04 Å². The smallest absolute Gasteiger partial charge is 0.0564 e. The zero-order valence-corrected chi connectivity index (χ0v) is 10.8. The number of hydrogen-bond donors (Lipinski definition) is 1. The van der Waals surface area contributed by atoms with Gasteiger partial charge in [0.2, 0.25) is 0 Å². The molecule has 1 rings (SSSR count). The molecule has 0 aliphatic rings. The highest BCUT2D eigenvalue weighted by Gasteiger charge is 2.11. The molecule has 1 heterocycles. The van der Waals surface area contributed by atoms with Gasteiger partial charge in [0.1, 0.15) is 0 Å². The molecule has 90 valence electrons. The second-order valence-electron chi connectivity index (χ2n) is 4.11. The Bertz CT molecular complexity index is 312. The van der Waals surface area contributed by atoms with E-state index in [2.05, 4.69) is 42.0 Å². The number of pyridine rings is 1. The van der Waals surface area contributed by atoms with Gasteiger partial charge >= 0.3 is 0 Å². The van der Waals surface area contributed by atoms with Crippen molar-refractivity contribution in [1.29, 1.82) is 0 Å². The number of rotatable bonds is 6. The molecule has 1 aromatic heterocycles. The minimum atomic E-state index is 0.616. The zero-order chi connectivity index (χ0) is 12.0. The molecule has 0 saturated heterocycles. The van der Waals surface area contributed by atoms with Crippen LogP contribution in [0.5, 0.6) is 0 Å². The van der Waals surface area contributed by atoms with E-state index in [9.17, 15) is 0 Å². The third-order valence-corrected chi connectivity index (χ3v) is 3.09. The Morgan fingerprint density at radius 1 is 1.44 bits per heavy atom. The van der Waals surface area contributed by atoms with Crippen LogP contribution in [0.4, 0.5) is 5.69 Å². The van der Waals surface area contributed by atoms with Crippen molar-refractivity contribution in [3.8, 4) is 0 Å². The standard InChI is InChI=1S/C13H23N3/c1-5-11(3)16(6-2)10-13-9-12(14-4)7-8-15-13/h7-9,11H,5-6,10H2,1-4H3,(H,14,15). The van der Waals surface area contributed by atoms with Crippen molar-refractivity contribution in [2.45, 2.75) is 39.8 Å². The molecule has 16 heavy (non-hydrogen) atoms. The molecule has 0 bridgehead atoms. The molecule has 3 nitrogen and oxygen atoms in total. The van der Waals surface area contributed by atoms with E-state index in [4.69, 9.17) is 0 Å². The molecule has 1 unspecified atom stereocenters. The van der Waals surface area contributed by atoms with Crippen molar-refractivity contribution in [2.24, 2.45) is 0 Å². The summed E-state index contributed by atoms with van der Waals surface area (Å²) in [6.45, 7) is 8.70. The van der Waals surface area contributed by atoms with Gasteiger partial charge in [-0.2, -0.15) is 0 Å². The SMILES string of the molecule is CCC(C)N(CC)Cc1cc(NC)ccn1. The Morgan fingerprint density at radius 3 is 2.75 bits per heavy atom. The molecule has 0 amide bonds. The van der Waals surface area contributed by atoms with Crippen LogP contribution in [-0.4, -0.2) is 29.5 Å². The molecular weight excluding hydrogens is 198 g/mol. The molecule has 0 spiro atoms. The lowest BCUT2D eigenvalue weighted by atomic mass is 10.2. The molecular formula is C13H23N3. The van der Waals surface area contributed by atoms with E-state index in [0.717, 1.165) is 24.5 Å². The van der Waals surface area contributed by atoms with Crippen molar-refractivity contribution >= 4 is 5.69 Å². The van der Waals surface area contributed by atoms with Crippen LogP contribution in [0.15, 0.2) is 18.3 Å². The molecule has 0 aromatic carbocycles. The van der Waals surface area contributed by atoms with Gasteiger partial charge in [0.15, 0.2) is 0 Å². The maximum absolute atomic E-state index is 4.41. The van der Waals surface area contributed by atoms with Crippen LogP contribution in [0.2, 0.25) is 0 Å². The maximum atomic E-state index is 4.41. The fourth-order valence-electron chi connectivity index (χ4n) is 1.77. The molecule has 0 saturated carbocycles. The summed E-state index contributed by atoms with van der Waals surface area (Å²) in [5.41, 5.74) is 2.26. The minimum Gasteiger partial charge on any atom is -0.388 e. The molecule has 0 aliphatic heterocycles. The number of nitrogens with one attached hydrogen (secondary N) is 1. The predicted molar refractivity (Wildman–Crippen MR) is 69.6 cm³/mol. The van der Waals surface area contributed by atoms with Crippen LogP contribution in [-0.2, 0) is 6.54 Å². The Balaban J connectivity index is 2.69. The lowest BCUT2D eigenvalue weighted by molar-refractivity contribution is 0.203. The third-order valence-electron chi connectivity index (χ3n) is 3.09. The molecule has 0 radical (unpaired) electrons. The maximum Gasteiger partial charge on any atom is 0.0564 e. The van der Waals surface area contributed by atoms with Gasteiger partial charge in [-0.3, -0.25) is 9.88 Å². The van der Waals surface area contributed by atoms with Crippen LogP contribution in [0, 0.1) is 0 Å². The topological polar surface area (TPSA) is 28.2 Å². The first-order valence-corrected chi connectivity index (χ1v) is 6.08. The molecule has 1 N–H and O–H groups in total. The first-order chi connectivity index (χ1) is 7.71. The lowest BCUT2D eigenvalue weighted by Crippen LogP contribution is -2.32. The van der Waals surface area contributed by atoms with E-state index in [1.54, 1.807) is 0 Å². The van der Waals surface area contributed by atoms with Gasteiger partial charge in [0, 0.05) is 31.5 Å². The Kier molecular flexibility index (Phi) is 5.26. The Hall–Kier alpha value is -1.09. The van der Waals surface area contributed by atoms with E-state index in [-0.39, 0.29) is 0 Å². The summed E-state index contributed by atoms with van der Waals surface area (Å²) in [5, 5.41) is 3.14.